The SMILES string of the molecule is CC1(C)CCC=C1B1OC(C)(C)C(C)(C)O1.COC(=O)C(OC(C)(C)C)c1c(-c2ccc3c(c2)CCCO3)c(Br)nn1C.Cn1nc(C2=CCCC2(C)C)c(-c2ccc3c(c2)CCCO3)c1C(OC(C)(C)C)C(=O)O. The number of carbonyl (C=O) groups is 2. The van der Waals surface area contributed by atoms with Crippen LogP contribution < -0.4 is 9.47 Å². The zero-order valence-electron chi connectivity index (χ0n) is 47.7. The summed E-state index contributed by atoms with van der Waals surface area (Å²) in [4.78, 5) is 24.9. The first kappa shape index (κ1) is 58.0. The van der Waals surface area contributed by atoms with E-state index in [1.165, 1.54) is 24.6 Å². The molecule has 75 heavy (non-hydrogen) atoms. The minimum atomic E-state index is -1.13. The number of aliphatic carboxylic acids is 1. The molecule has 2 unspecified atom stereocenters. The van der Waals surface area contributed by atoms with Gasteiger partial charge in [0.15, 0.2) is 12.2 Å². The Morgan fingerprint density at radius 3 is 1.65 bits per heavy atom. The summed E-state index contributed by atoms with van der Waals surface area (Å²) < 4.78 is 44.9. The number of esters is 1. The van der Waals surface area contributed by atoms with Gasteiger partial charge in [0.25, 0.3) is 0 Å². The fourth-order valence-electron chi connectivity index (χ4n) is 10.5. The van der Waals surface area contributed by atoms with E-state index < -0.39 is 35.3 Å². The molecule has 14 nitrogen and oxygen atoms in total. The molecule has 0 amide bonds. The molecule has 2 aliphatic carbocycles. The Balaban J connectivity index is 0.000000173. The molecule has 9 rings (SSSR count). The van der Waals surface area contributed by atoms with E-state index in [1.54, 1.807) is 16.4 Å². The lowest BCUT2D eigenvalue weighted by molar-refractivity contribution is -0.165. The molecule has 3 aliphatic heterocycles. The Hall–Kier alpha value is -4.74. The number of benzene rings is 2. The number of halogens is 1. The Morgan fingerprint density at radius 1 is 0.707 bits per heavy atom. The van der Waals surface area contributed by atoms with Crippen molar-refractivity contribution in [3.05, 3.63) is 86.8 Å². The van der Waals surface area contributed by atoms with Crippen molar-refractivity contribution in [2.24, 2.45) is 24.9 Å². The summed E-state index contributed by atoms with van der Waals surface area (Å²) in [7, 11) is 4.83. The van der Waals surface area contributed by atoms with Crippen LogP contribution in [0, 0.1) is 10.8 Å². The monoisotopic (exact) mass is 1100 g/mol. The summed E-state index contributed by atoms with van der Waals surface area (Å²) in [6.45, 7) is 30.3. The molecular weight excluding hydrogens is 1020 g/mol. The molecular formula is C59H82BBrN4O10. The van der Waals surface area contributed by atoms with Crippen molar-refractivity contribution in [3.8, 4) is 33.8 Å². The molecule has 408 valence electrons. The minimum absolute atomic E-state index is 0.0265. The van der Waals surface area contributed by atoms with Crippen molar-refractivity contribution in [1.29, 1.82) is 0 Å². The second-order valence-electron chi connectivity index (χ2n) is 24.7. The van der Waals surface area contributed by atoms with Gasteiger partial charge >= 0.3 is 19.1 Å². The quantitative estimate of drug-likeness (QED) is 0.119. The van der Waals surface area contributed by atoms with Crippen LogP contribution >= 0.6 is 15.9 Å². The zero-order chi connectivity index (χ0) is 55.2. The molecule has 1 N–H and O–H groups in total. The fourth-order valence-corrected chi connectivity index (χ4v) is 11.1. The normalized spacial score (nSPS) is 19.9. The van der Waals surface area contributed by atoms with Crippen LogP contribution in [-0.4, -0.2) is 86.5 Å². The molecule has 5 heterocycles. The van der Waals surface area contributed by atoms with E-state index in [0.717, 1.165) is 109 Å². The fraction of sp³-hybridized carbons (Fsp3) is 0.593. The van der Waals surface area contributed by atoms with E-state index in [4.69, 9.17) is 38.1 Å². The molecule has 4 aromatic rings. The van der Waals surface area contributed by atoms with Gasteiger partial charge in [-0.15, -0.1) is 0 Å². The first-order valence-corrected chi connectivity index (χ1v) is 27.4. The standard InChI is InChI=1S/C26H34N2O4.C20H25BrN2O4.C13H23BO2/c1-25(2,3)32-23(24(29)30)22-20(17-11-12-19-16(15-17)9-8-14-31-19)21(27-28(22)6)18-10-7-13-26(18,4)5;1-20(2,3)27-17(19(24)25-5)16-15(18(21)22-23(16)4)13-8-9-14-12(11-13)7-6-10-26-14;1-11(2)9-7-8-10(11)14-15-12(3,4)13(5,6)16-14/h10-12,15,23H,7-9,13-14H2,1-6H3,(H,29,30);8-9,11,17H,6-7,10H2,1-5H3;8H,7,9H2,1-6H3. The highest BCUT2D eigenvalue weighted by molar-refractivity contribution is 9.10. The van der Waals surface area contributed by atoms with E-state index in [-0.39, 0.29) is 29.2 Å². The molecule has 0 spiro atoms. The Kier molecular flexibility index (Phi) is 17.0. The summed E-state index contributed by atoms with van der Waals surface area (Å²) in [6.07, 6.45) is 10.8. The second-order valence-corrected chi connectivity index (χ2v) is 25.5. The predicted molar refractivity (Wildman–Crippen MR) is 298 cm³/mol. The average molecular weight is 1100 g/mol. The highest BCUT2D eigenvalue weighted by atomic mass is 79.9. The number of hydrogen-bond donors (Lipinski definition) is 1. The summed E-state index contributed by atoms with van der Waals surface area (Å²) in [5.74, 6) is 0.356. The lowest BCUT2D eigenvalue weighted by Gasteiger charge is -2.32. The first-order valence-electron chi connectivity index (χ1n) is 26.6. The maximum Gasteiger partial charge on any atom is 0.490 e. The number of hydrogen-bond acceptors (Lipinski definition) is 11. The third kappa shape index (κ3) is 12.8. The van der Waals surface area contributed by atoms with Crippen molar-refractivity contribution in [3.63, 3.8) is 0 Å². The Bertz CT molecular complexity index is 2810. The van der Waals surface area contributed by atoms with E-state index in [0.29, 0.717) is 16.0 Å². The lowest BCUT2D eigenvalue weighted by Crippen LogP contribution is -2.41. The largest absolute Gasteiger partial charge is 0.493 e. The highest BCUT2D eigenvalue weighted by Gasteiger charge is 2.55. The van der Waals surface area contributed by atoms with Crippen LogP contribution in [0.3, 0.4) is 0 Å². The summed E-state index contributed by atoms with van der Waals surface area (Å²) in [5.41, 5.74) is 9.06. The lowest BCUT2D eigenvalue weighted by atomic mass is 9.65. The van der Waals surface area contributed by atoms with Gasteiger partial charge in [-0.1, -0.05) is 52.0 Å². The number of aromatic nitrogens is 4. The minimum Gasteiger partial charge on any atom is -0.493 e. The number of ether oxygens (including phenoxy) is 5. The molecule has 0 radical (unpaired) electrons. The maximum absolute atomic E-state index is 12.5. The molecule has 5 aliphatic rings. The van der Waals surface area contributed by atoms with Crippen molar-refractivity contribution >= 4 is 40.6 Å². The van der Waals surface area contributed by atoms with Crippen LogP contribution in [0.4, 0.5) is 0 Å². The predicted octanol–water partition coefficient (Wildman–Crippen LogP) is 13.1. The van der Waals surface area contributed by atoms with Gasteiger partial charge in [-0.25, -0.2) is 9.59 Å². The molecule has 0 bridgehead atoms. The van der Waals surface area contributed by atoms with Crippen LogP contribution in [0.25, 0.3) is 27.8 Å². The van der Waals surface area contributed by atoms with Crippen molar-refractivity contribution < 1.29 is 47.7 Å². The number of rotatable bonds is 10. The third-order valence-electron chi connectivity index (χ3n) is 15.1. The number of methoxy groups -OCH3 is 1. The van der Waals surface area contributed by atoms with Crippen molar-refractivity contribution in [1.82, 2.24) is 19.6 Å². The van der Waals surface area contributed by atoms with Crippen LogP contribution in [0.1, 0.15) is 176 Å². The molecule has 2 atom stereocenters. The van der Waals surface area contributed by atoms with Crippen LogP contribution in [-0.2, 0) is 60.0 Å². The van der Waals surface area contributed by atoms with Gasteiger partial charge in [-0.05, 0) is 205 Å². The van der Waals surface area contributed by atoms with Crippen LogP contribution in [0.2, 0.25) is 0 Å². The molecule has 1 fully saturated rings. The van der Waals surface area contributed by atoms with Gasteiger partial charge in [-0.3, -0.25) is 9.36 Å². The number of aryl methyl sites for hydroxylation is 4. The van der Waals surface area contributed by atoms with Crippen LogP contribution in [0.5, 0.6) is 11.5 Å². The topological polar surface area (TPSA) is 155 Å². The van der Waals surface area contributed by atoms with E-state index in [9.17, 15) is 14.7 Å². The summed E-state index contributed by atoms with van der Waals surface area (Å²) in [6, 6.07) is 12.2. The molecule has 2 aromatic heterocycles. The maximum atomic E-state index is 12.5. The number of carboxylic acids is 1. The van der Waals surface area contributed by atoms with Gasteiger partial charge < -0.3 is 38.1 Å². The summed E-state index contributed by atoms with van der Waals surface area (Å²) in [5, 5.41) is 19.5. The molecule has 2 aromatic carbocycles. The second kappa shape index (κ2) is 22.0. The van der Waals surface area contributed by atoms with Gasteiger partial charge in [0.1, 0.15) is 16.1 Å². The highest BCUT2D eigenvalue weighted by Crippen LogP contribution is 2.50. The average Bonchev–Trinajstić information content (AvgIpc) is 4.09. The number of carboxylic acid groups (broad SMARTS) is 1. The third-order valence-corrected chi connectivity index (χ3v) is 15.7. The number of nitrogens with zero attached hydrogens (tertiary/aromatic N) is 4. The van der Waals surface area contributed by atoms with Crippen molar-refractivity contribution in [2.45, 2.75) is 183 Å². The zero-order valence-corrected chi connectivity index (χ0v) is 49.3. The van der Waals surface area contributed by atoms with Crippen LogP contribution in [0.15, 0.2) is 58.6 Å². The van der Waals surface area contributed by atoms with Gasteiger partial charge in [-0.2, -0.15) is 10.2 Å². The van der Waals surface area contributed by atoms with Crippen molar-refractivity contribution in [2.75, 3.05) is 20.3 Å². The number of carbonyl (C=O) groups excluding carboxylic acids is 1. The summed E-state index contributed by atoms with van der Waals surface area (Å²) >= 11 is 3.55. The Labute approximate surface area is 454 Å². The number of fused-ring (bicyclic) bond motifs is 2. The Morgan fingerprint density at radius 2 is 1.19 bits per heavy atom. The van der Waals surface area contributed by atoms with Gasteiger partial charge in [0.2, 0.25) is 0 Å². The van der Waals surface area contributed by atoms with E-state index in [2.05, 4.69) is 101 Å². The van der Waals surface area contributed by atoms with Gasteiger partial charge in [0, 0.05) is 25.2 Å². The van der Waals surface area contributed by atoms with E-state index in [1.807, 2.05) is 72.9 Å². The molecule has 16 heteroatoms. The van der Waals surface area contributed by atoms with E-state index >= 15 is 0 Å². The first-order chi connectivity index (χ1) is 34.8. The molecule has 0 saturated carbocycles. The van der Waals surface area contributed by atoms with Gasteiger partial charge in [0.05, 0.1) is 59.8 Å². The molecule has 1 saturated heterocycles. The smallest absolute Gasteiger partial charge is 0.490 e. The number of allylic oxidation sites excluding steroid dienone is 4.